The first-order chi connectivity index (χ1) is 10.2. The number of hydrogen-bond acceptors (Lipinski definition) is 3. The number of carbonyl (C=O) groups is 2. The van der Waals surface area contributed by atoms with Crippen molar-refractivity contribution < 1.29 is 14.3 Å². The van der Waals surface area contributed by atoms with Crippen molar-refractivity contribution in [2.24, 2.45) is 5.92 Å². The first-order valence-electron chi connectivity index (χ1n) is 7.87. The fourth-order valence-electron chi connectivity index (χ4n) is 3.18. The molecule has 21 heavy (non-hydrogen) atoms. The van der Waals surface area contributed by atoms with Crippen LogP contribution in [-0.2, 0) is 14.3 Å². The Morgan fingerprint density at radius 1 is 1.14 bits per heavy atom. The van der Waals surface area contributed by atoms with Crippen molar-refractivity contribution in [3.05, 3.63) is 35.9 Å². The normalized spacial score (nSPS) is 17.2. The van der Waals surface area contributed by atoms with Crippen LogP contribution in [0.1, 0.15) is 56.9 Å². The average molecular weight is 288 g/mol. The van der Waals surface area contributed by atoms with Gasteiger partial charge in [0.1, 0.15) is 12.2 Å². The van der Waals surface area contributed by atoms with Crippen molar-refractivity contribution in [3.8, 4) is 0 Å². The van der Waals surface area contributed by atoms with E-state index in [2.05, 4.69) is 12.1 Å². The maximum Gasteiger partial charge on any atom is 0.313 e. The highest BCUT2D eigenvalue weighted by molar-refractivity contribution is 5.94. The molecule has 3 heteroatoms. The Kier molecular flexibility index (Phi) is 5.97. The van der Waals surface area contributed by atoms with E-state index < -0.39 is 5.97 Å². The summed E-state index contributed by atoms with van der Waals surface area (Å²) in [6.45, 7) is 1.80. The van der Waals surface area contributed by atoms with Crippen LogP contribution in [0.25, 0.3) is 0 Å². The number of Topliss-reactive ketones (excluding diaryl/α,β-unsaturated/α-hetero) is 1. The van der Waals surface area contributed by atoms with Gasteiger partial charge in [-0.25, -0.2) is 0 Å². The zero-order valence-electron chi connectivity index (χ0n) is 12.7. The lowest BCUT2D eigenvalue weighted by molar-refractivity contribution is -0.146. The van der Waals surface area contributed by atoms with E-state index >= 15 is 0 Å². The summed E-state index contributed by atoms with van der Waals surface area (Å²) >= 11 is 0. The smallest absolute Gasteiger partial charge is 0.313 e. The molecule has 0 N–H and O–H groups in total. The van der Waals surface area contributed by atoms with Gasteiger partial charge in [-0.15, -0.1) is 0 Å². The van der Waals surface area contributed by atoms with Gasteiger partial charge in [-0.2, -0.15) is 0 Å². The van der Waals surface area contributed by atoms with Gasteiger partial charge in [-0.05, 0) is 31.2 Å². The van der Waals surface area contributed by atoms with Crippen LogP contribution >= 0.6 is 0 Å². The molecule has 0 aliphatic heterocycles. The SMILES string of the molecule is CC(=O)CC(=O)OCC(c1ccccc1)C1CCCCC1. The summed E-state index contributed by atoms with van der Waals surface area (Å²) in [4.78, 5) is 22.6. The highest BCUT2D eigenvalue weighted by Crippen LogP contribution is 2.36. The summed E-state index contributed by atoms with van der Waals surface area (Å²) in [7, 11) is 0. The van der Waals surface area contributed by atoms with E-state index in [1.165, 1.54) is 44.6 Å². The number of carbonyl (C=O) groups excluding carboxylic acids is 2. The van der Waals surface area contributed by atoms with E-state index in [1.54, 1.807) is 0 Å². The summed E-state index contributed by atoms with van der Waals surface area (Å²) in [6.07, 6.45) is 6.10. The van der Waals surface area contributed by atoms with Crippen LogP contribution in [-0.4, -0.2) is 18.4 Å². The topological polar surface area (TPSA) is 43.4 Å². The number of rotatable bonds is 6. The largest absolute Gasteiger partial charge is 0.465 e. The Bertz CT molecular complexity index is 461. The van der Waals surface area contributed by atoms with Gasteiger partial charge in [0.25, 0.3) is 0 Å². The summed E-state index contributed by atoms with van der Waals surface area (Å²) < 4.78 is 5.36. The van der Waals surface area contributed by atoms with Crippen molar-refractivity contribution >= 4 is 11.8 Å². The van der Waals surface area contributed by atoms with E-state index in [9.17, 15) is 9.59 Å². The van der Waals surface area contributed by atoms with Crippen LogP contribution in [0.3, 0.4) is 0 Å². The summed E-state index contributed by atoms with van der Waals surface area (Å²) in [5.74, 6) is 0.279. The van der Waals surface area contributed by atoms with Crippen LogP contribution in [0.5, 0.6) is 0 Å². The minimum absolute atomic E-state index is 0.119. The molecule has 2 rings (SSSR count). The van der Waals surface area contributed by atoms with E-state index in [0.29, 0.717) is 12.5 Å². The third-order valence-corrected chi connectivity index (χ3v) is 4.26. The lowest BCUT2D eigenvalue weighted by Crippen LogP contribution is -2.23. The predicted octanol–water partition coefficient (Wildman–Crippen LogP) is 3.87. The number of ether oxygens (including phenoxy) is 1. The van der Waals surface area contributed by atoms with Crippen molar-refractivity contribution in [3.63, 3.8) is 0 Å². The molecule has 0 aromatic heterocycles. The molecule has 1 aromatic rings. The maximum absolute atomic E-state index is 11.6. The second-order valence-corrected chi connectivity index (χ2v) is 5.98. The van der Waals surface area contributed by atoms with Crippen LogP contribution < -0.4 is 0 Å². The third kappa shape index (κ3) is 5.00. The maximum atomic E-state index is 11.6. The lowest BCUT2D eigenvalue weighted by atomic mass is 9.77. The monoisotopic (exact) mass is 288 g/mol. The number of benzene rings is 1. The molecule has 0 bridgehead atoms. The molecule has 1 atom stereocenters. The summed E-state index contributed by atoms with van der Waals surface area (Å²) in [5, 5.41) is 0. The molecular weight excluding hydrogens is 264 g/mol. The molecule has 1 aliphatic rings. The minimum atomic E-state index is -0.403. The second kappa shape index (κ2) is 7.96. The Morgan fingerprint density at radius 3 is 2.43 bits per heavy atom. The van der Waals surface area contributed by atoms with Gasteiger partial charge in [0.05, 0.1) is 6.61 Å². The molecule has 0 radical (unpaired) electrons. The van der Waals surface area contributed by atoms with Gasteiger partial charge in [0, 0.05) is 5.92 Å². The number of esters is 1. The highest BCUT2D eigenvalue weighted by atomic mass is 16.5. The van der Waals surface area contributed by atoms with Gasteiger partial charge in [-0.1, -0.05) is 49.6 Å². The zero-order valence-corrected chi connectivity index (χ0v) is 12.7. The van der Waals surface area contributed by atoms with Gasteiger partial charge in [-0.3, -0.25) is 9.59 Å². The third-order valence-electron chi connectivity index (χ3n) is 4.26. The van der Waals surface area contributed by atoms with Crippen molar-refractivity contribution in [1.29, 1.82) is 0 Å². The predicted molar refractivity (Wildman–Crippen MR) is 82.0 cm³/mol. The van der Waals surface area contributed by atoms with Crippen molar-refractivity contribution in [2.45, 2.75) is 51.4 Å². The minimum Gasteiger partial charge on any atom is -0.465 e. The van der Waals surface area contributed by atoms with Gasteiger partial charge in [0.15, 0.2) is 0 Å². The average Bonchev–Trinajstić information content (AvgIpc) is 2.49. The van der Waals surface area contributed by atoms with Crippen molar-refractivity contribution in [2.75, 3.05) is 6.61 Å². The lowest BCUT2D eigenvalue weighted by Gasteiger charge is -2.30. The van der Waals surface area contributed by atoms with E-state index in [1.807, 2.05) is 18.2 Å². The molecule has 1 aliphatic carbocycles. The van der Waals surface area contributed by atoms with E-state index in [4.69, 9.17) is 4.74 Å². The van der Waals surface area contributed by atoms with Crippen LogP contribution in [0.15, 0.2) is 30.3 Å². The molecule has 0 heterocycles. The number of hydrogen-bond donors (Lipinski definition) is 0. The Hall–Kier alpha value is -1.64. The molecule has 0 spiro atoms. The standard InChI is InChI=1S/C18H24O3/c1-14(19)12-18(20)21-13-17(15-8-4-2-5-9-15)16-10-6-3-7-11-16/h2,4-5,8-9,16-17H,3,6-7,10-13H2,1H3. The summed E-state index contributed by atoms with van der Waals surface area (Å²) in [5.41, 5.74) is 1.24. The first kappa shape index (κ1) is 15.7. The highest BCUT2D eigenvalue weighted by Gasteiger charge is 2.26. The van der Waals surface area contributed by atoms with Crippen LogP contribution in [0.4, 0.5) is 0 Å². The zero-order chi connectivity index (χ0) is 15.1. The Balaban J connectivity index is 2.01. The quantitative estimate of drug-likeness (QED) is 0.589. The van der Waals surface area contributed by atoms with Gasteiger partial charge in [0.2, 0.25) is 0 Å². The van der Waals surface area contributed by atoms with Gasteiger partial charge < -0.3 is 4.74 Å². The molecule has 0 amide bonds. The van der Waals surface area contributed by atoms with Crippen LogP contribution in [0.2, 0.25) is 0 Å². The molecule has 1 aromatic carbocycles. The first-order valence-corrected chi connectivity index (χ1v) is 7.87. The molecule has 0 saturated heterocycles. The van der Waals surface area contributed by atoms with Crippen molar-refractivity contribution in [1.82, 2.24) is 0 Å². The molecule has 1 saturated carbocycles. The molecule has 1 unspecified atom stereocenters. The Morgan fingerprint density at radius 2 is 1.81 bits per heavy atom. The summed E-state index contributed by atoms with van der Waals surface area (Å²) in [6, 6.07) is 10.3. The fourth-order valence-corrected chi connectivity index (χ4v) is 3.18. The number of ketones is 1. The Labute approximate surface area is 126 Å². The van der Waals surface area contributed by atoms with Crippen LogP contribution in [0, 0.1) is 5.92 Å². The molecule has 1 fully saturated rings. The fraction of sp³-hybridized carbons (Fsp3) is 0.556. The molecule has 114 valence electrons. The van der Waals surface area contributed by atoms with E-state index in [-0.39, 0.29) is 18.1 Å². The second-order valence-electron chi connectivity index (χ2n) is 5.98. The molecular formula is C18H24O3. The van der Waals surface area contributed by atoms with E-state index in [0.717, 1.165) is 0 Å². The van der Waals surface area contributed by atoms with Gasteiger partial charge >= 0.3 is 5.97 Å². The molecule has 3 nitrogen and oxygen atoms in total.